The maximum Gasteiger partial charge on any atom is 0.193 e. The molecule has 1 fully saturated rings. The average Bonchev–Trinajstić information content (AvgIpc) is 3.12. The molecule has 4 nitrogen and oxygen atoms in total. The molecule has 1 saturated heterocycles. The lowest BCUT2D eigenvalue weighted by Crippen LogP contribution is -2.41. The van der Waals surface area contributed by atoms with Gasteiger partial charge in [0.1, 0.15) is 0 Å². The Hall–Kier alpha value is -1.55. The van der Waals surface area contributed by atoms with Crippen LogP contribution in [0.2, 0.25) is 0 Å². The van der Waals surface area contributed by atoms with Gasteiger partial charge in [0, 0.05) is 33.2 Å². The van der Waals surface area contributed by atoms with Gasteiger partial charge in [-0.05, 0) is 49.4 Å². The summed E-state index contributed by atoms with van der Waals surface area (Å²) in [5, 5.41) is 3.55. The molecule has 1 aliphatic rings. The predicted octanol–water partition coefficient (Wildman–Crippen LogP) is 3.03. The highest BCUT2D eigenvalue weighted by atomic mass is 15.3. The lowest BCUT2D eigenvalue weighted by Gasteiger charge is -2.24. The minimum absolute atomic E-state index is 0.764. The van der Waals surface area contributed by atoms with E-state index in [9.17, 15) is 0 Å². The molecule has 1 unspecified atom stereocenters. The first-order valence-corrected chi connectivity index (χ1v) is 9.95. The van der Waals surface area contributed by atoms with Crippen LogP contribution in [0.4, 0.5) is 0 Å². The molecular formula is C21H36N4. The molecule has 4 heteroatoms. The molecule has 25 heavy (non-hydrogen) atoms. The van der Waals surface area contributed by atoms with Crippen LogP contribution in [0, 0.1) is 5.92 Å². The van der Waals surface area contributed by atoms with Crippen molar-refractivity contribution in [1.29, 1.82) is 0 Å². The Kier molecular flexibility index (Phi) is 8.26. The van der Waals surface area contributed by atoms with Gasteiger partial charge in [0.2, 0.25) is 0 Å². The van der Waals surface area contributed by atoms with E-state index in [2.05, 4.69) is 65.1 Å². The first-order chi connectivity index (χ1) is 12.2. The highest BCUT2D eigenvalue weighted by molar-refractivity contribution is 5.80. The monoisotopic (exact) mass is 344 g/mol. The largest absolute Gasteiger partial charge is 0.356 e. The number of benzene rings is 1. The van der Waals surface area contributed by atoms with Crippen LogP contribution in [-0.2, 0) is 12.8 Å². The second-order valence-electron chi connectivity index (χ2n) is 6.98. The van der Waals surface area contributed by atoms with Gasteiger partial charge in [0.15, 0.2) is 5.96 Å². The van der Waals surface area contributed by atoms with Crippen LogP contribution < -0.4 is 5.32 Å². The SMILES string of the molecule is CCc1ccc(CCNC(=NC)N2CCC(CN(CC)CC)C2)cc1. The van der Waals surface area contributed by atoms with Crippen LogP contribution in [0.1, 0.15) is 38.3 Å². The fourth-order valence-electron chi connectivity index (χ4n) is 3.61. The number of hydrogen-bond donors (Lipinski definition) is 1. The smallest absolute Gasteiger partial charge is 0.193 e. The summed E-state index contributed by atoms with van der Waals surface area (Å²) in [6, 6.07) is 8.98. The zero-order valence-electron chi connectivity index (χ0n) is 16.6. The van der Waals surface area contributed by atoms with Crippen LogP contribution >= 0.6 is 0 Å². The zero-order chi connectivity index (χ0) is 18.1. The van der Waals surface area contributed by atoms with E-state index in [-0.39, 0.29) is 0 Å². The summed E-state index contributed by atoms with van der Waals surface area (Å²) in [5.41, 5.74) is 2.80. The maximum absolute atomic E-state index is 4.50. The Bertz CT molecular complexity index is 519. The van der Waals surface area contributed by atoms with E-state index in [4.69, 9.17) is 0 Å². The molecule has 2 rings (SSSR count). The van der Waals surface area contributed by atoms with Gasteiger partial charge in [-0.25, -0.2) is 0 Å². The number of nitrogens with one attached hydrogen (secondary N) is 1. The number of likely N-dealkylation sites (tertiary alicyclic amines) is 1. The van der Waals surface area contributed by atoms with E-state index in [0.717, 1.165) is 57.4 Å². The summed E-state index contributed by atoms with van der Waals surface area (Å²) in [4.78, 5) is 9.46. The van der Waals surface area contributed by atoms with Gasteiger partial charge in [0.05, 0.1) is 0 Å². The Morgan fingerprint density at radius 1 is 1.16 bits per heavy atom. The summed E-state index contributed by atoms with van der Waals surface area (Å²) in [5.74, 6) is 1.83. The van der Waals surface area contributed by atoms with Crippen LogP contribution in [-0.4, -0.2) is 62.1 Å². The lowest BCUT2D eigenvalue weighted by atomic mass is 10.1. The van der Waals surface area contributed by atoms with Crippen molar-refractivity contribution < 1.29 is 0 Å². The van der Waals surface area contributed by atoms with Gasteiger partial charge in [0.25, 0.3) is 0 Å². The molecule has 140 valence electrons. The minimum Gasteiger partial charge on any atom is -0.356 e. The first kappa shape index (κ1) is 19.8. The maximum atomic E-state index is 4.50. The summed E-state index contributed by atoms with van der Waals surface area (Å²) in [6.45, 7) is 13.4. The van der Waals surface area contributed by atoms with Gasteiger partial charge in [-0.15, -0.1) is 0 Å². The molecule has 1 aromatic carbocycles. The number of hydrogen-bond acceptors (Lipinski definition) is 2. The van der Waals surface area contributed by atoms with Gasteiger partial charge >= 0.3 is 0 Å². The van der Waals surface area contributed by atoms with E-state index in [0.29, 0.717) is 0 Å². The number of nitrogens with zero attached hydrogens (tertiary/aromatic N) is 3. The van der Waals surface area contributed by atoms with E-state index in [1.807, 2.05) is 7.05 Å². The van der Waals surface area contributed by atoms with Gasteiger partial charge < -0.3 is 15.1 Å². The molecule has 1 aliphatic heterocycles. The third-order valence-corrected chi connectivity index (χ3v) is 5.34. The second-order valence-corrected chi connectivity index (χ2v) is 6.98. The molecule has 1 aromatic rings. The number of aliphatic imine (C=N–C) groups is 1. The molecule has 0 saturated carbocycles. The minimum atomic E-state index is 0.764. The molecule has 0 amide bonds. The summed E-state index contributed by atoms with van der Waals surface area (Å²) < 4.78 is 0. The van der Waals surface area contributed by atoms with Crippen molar-refractivity contribution in [2.45, 2.75) is 40.0 Å². The third kappa shape index (κ3) is 6.03. The summed E-state index contributed by atoms with van der Waals surface area (Å²) >= 11 is 0. The molecular weight excluding hydrogens is 308 g/mol. The predicted molar refractivity (Wildman–Crippen MR) is 108 cm³/mol. The van der Waals surface area contributed by atoms with Crippen molar-refractivity contribution in [2.75, 3.05) is 46.3 Å². The second kappa shape index (κ2) is 10.4. The third-order valence-electron chi connectivity index (χ3n) is 5.34. The summed E-state index contributed by atoms with van der Waals surface area (Å²) in [6.07, 6.45) is 3.42. The van der Waals surface area contributed by atoms with E-state index in [1.54, 1.807) is 0 Å². The quantitative estimate of drug-likeness (QED) is 0.581. The number of rotatable bonds is 8. The van der Waals surface area contributed by atoms with E-state index < -0.39 is 0 Å². The van der Waals surface area contributed by atoms with Crippen LogP contribution in [0.15, 0.2) is 29.3 Å². The molecule has 1 N–H and O–H groups in total. The van der Waals surface area contributed by atoms with E-state index in [1.165, 1.54) is 24.1 Å². The number of aryl methyl sites for hydroxylation is 1. The molecule has 0 aromatic heterocycles. The van der Waals surface area contributed by atoms with Gasteiger partial charge in [-0.1, -0.05) is 45.0 Å². The highest BCUT2D eigenvalue weighted by Crippen LogP contribution is 2.17. The Labute approximate surface area is 154 Å². The Morgan fingerprint density at radius 2 is 1.84 bits per heavy atom. The van der Waals surface area contributed by atoms with Crippen LogP contribution in [0.25, 0.3) is 0 Å². The van der Waals surface area contributed by atoms with Crippen molar-refractivity contribution in [2.24, 2.45) is 10.9 Å². The van der Waals surface area contributed by atoms with Crippen molar-refractivity contribution in [3.8, 4) is 0 Å². The Balaban J connectivity index is 1.76. The van der Waals surface area contributed by atoms with Crippen LogP contribution in [0.5, 0.6) is 0 Å². The fourth-order valence-corrected chi connectivity index (χ4v) is 3.61. The number of guanidine groups is 1. The fraction of sp³-hybridized carbons (Fsp3) is 0.667. The van der Waals surface area contributed by atoms with Crippen LogP contribution in [0.3, 0.4) is 0 Å². The average molecular weight is 345 g/mol. The molecule has 0 aliphatic carbocycles. The standard InChI is InChI=1S/C21H36N4/c1-5-18-8-10-19(11-9-18)12-14-23-21(22-4)25-15-13-20(17-25)16-24(6-2)7-3/h8-11,20H,5-7,12-17H2,1-4H3,(H,22,23). The molecule has 1 heterocycles. The topological polar surface area (TPSA) is 30.9 Å². The van der Waals surface area contributed by atoms with E-state index >= 15 is 0 Å². The molecule has 0 bridgehead atoms. The first-order valence-electron chi connectivity index (χ1n) is 9.95. The highest BCUT2D eigenvalue weighted by Gasteiger charge is 2.25. The van der Waals surface area contributed by atoms with Crippen molar-refractivity contribution in [3.63, 3.8) is 0 Å². The molecule has 0 radical (unpaired) electrons. The van der Waals surface area contributed by atoms with Gasteiger partial charge in [-0.2, -0.15) is 0 Å². The summed E-state index contributed by atoms with van der Waals surface area (Å²) in [7, 11) is 1.90. The Morgan fingerprint density at radius 3 is 2.44 bits per heavy atom. The van der Waals surface area contributed by atoms with Gasteiger partial charge in [-0.3, -0.25) is 4.99 Å². The van der Waals surface area contributed by atoms with Crippen molar-refractivity contribution >= 4 is 5.96 Å². The zero-order valence-corrected chi connectivity index (χ0v) is 16.6. The lowest BCUT2D eigenvalue weighted by molar-refractivity contribution is 0.255. The normalized spacial score (nSPS) is 18.2. The molecule has 0 spiro atoms. The molecule has 1 atom stereocenters. The van der Waals surface area contributed by atoms with Crippen molar-refractivity contribution in [3.05, 3.63) is 35.4 Å². The van der Waals surface area contributed by atoms with Crippen molar-refractivity contribution in [1.82, 2.24) is 15.1 Å².